The molecule has 2 rings (SSSR count). The van der Waals surface area contributed by atoms with Crippen LogP contribution in [0.5, 0.6) is 0 Å². The minimum Gasteiger partial charge on any atom is -0.465 e. The number of benzene rings is 1. The molecule has 0 radical (unpaired) electrons. The quantitative estimate of drug-likeness (QED) is 0.813. The molecule has 5 heteroatoms. The van der Waals surface area contributed by atoms with Crippen LogP contribution in [0.3, 0.4) is 0 Å². The highest BCUT2D eigenvalue weighted by atomic mass is 16.3. The average Bonchev–Trinajstić information content (AvgIpc) is 2.91. The van der Waals surface area contributed by atoms with Gasteiger partial charge in [-0.3, -0.25) is 9.59 Å². The van der Waals surface area contributed by atoms with E-state index in [0.717, 1.165) is 0 Å². The third-order valence-electron chi connectivity index (χ3n) is 2.38. The lowest BCUT2D eigenvalue weighted by Crippen LogP contribution is -2.31. The second kappa shape index (κ2) is 5.68. The van der Waals surface area contributed by atoms with E-state index in [4.69, 9.17) is 10.2 Å². The van der Waals surface area contributed by atoms with Crippen LogP contribution in [0.15, 0.2) is 58.8 Å². The van der Waals surface area contributed by atoms with E-state index in [9.17, 15) is 9.59 Å². The summed E-state index contributed by atoms with van der Waals surface area (Å²) in [5.41, 5.74) is 5.63. The number of carbonyl (C=O) groups excluding carboxylic acids is 2. The first-order chi connectivity index (χ1) is 9.16. The Bertz CT molecular complexity index is 601. The van der Waals surface area contributed by atoms with Gasteiger partial charge in [-0.05, 0) is 24.3 Å². The molecule has 0 aliphatic heterocycles. The van der Waals surface area contributed by atoms with Gasteiger partial charge in [-0.1, -0.05) is 18.2 Å². The fourth-order valence-corrected chi connectivity index (χ4v) is 1.47. The van der Waals surface area contributed by atoms with Gasteiger partial charge in [-0.25, -0.2) is 0 Å². The maximum Gasteiger partial charge on any atom is 0.265 e. The smallest absolute Gasteiger partial charge is 0.265 e. The zero-order chi connectivity index (χ0) is 13.7. The normalized spacial score (nSPS) is 11.1. The first-order valence-electron chi connectivity index (χ1n) is 5.58. The zero-order valence-corrected chi connectivity index (χ0v) is 10.00. The van der Waals surface area contributed by atoms with Crippen LogP contribution in [0.4, 0.5) is 0 Å². The number of furan rings is 1. The van der Waals surface area contributed by atoms with Crippen LogP contribution in [0.1, 0.15) is 16.1 Å². The molecular formula is C14H12N2O3. The van der Waals surface area contributed by atoms with Crippen molar-refractivity contribution in [1.29, 1.82) is 0 Å². The Morgan fingerprint density at radius 3 is 2.42 bits per heavy atom. The van der Waals surface area contributed by atoms with E-state index in [1.54, 1.807) is 42.5 Å². The van der Waals surface area contributed by atoms with E-state index in [-0.39, 0.29) is 5.70 Å². The second-order valence-corrected chi connectivity index (χ2v) is 3.76. The van der Waals surface area contributed by atoms with Crippen LogP contribution in [-0.2, 0) is 4.79 Å². The predicted molar refractivity (Wildman–Crippen MR) is 69.8 cm³/mol. The average molecular weight is 256 g/mol. The highest BCUT2D eigenvalue weighted by molar-refractivity contribution is 6.04. The predicted octanol–water partition coefficient (Wildman–Crippen LogP) is 1.54. The summed E-state index contributed by atoms with van der Waals surface area (Å²) in [5, 5.41) is 2.46. The third-order valence-corrected chi connectivity index (χ3v) is 2.38. The Labute approximate surface area is 109 Å². The molecule has 0 bridgehead atoms. The van der Waals surface area contributed by atoms with Gasteiger partial charge in [-0.15, -0.1) is 0 Å². The van der Waals surface area contributed by atoms with Crippen molar-refractivity contribution in [2.24, 2.45) is 5.73 Å². The Morgan fingerprint density at radius 1 is 1.11 bits per heavy atom. The molecule has 3 N–H and O–H groups in total. The lowest BCUT2D eigenvalue weighted by molar-refractivity contribution is -0.114. The lowest BCUT2D eigenvalue weighted by atomic mass is 10.2. The maximum atomic E-state index is 11.9. The van der Waals surface area contributed by atoms with Crippen LogP contribution in [0.2, 0.25) is 0 Å². The summed E-state index contributed by atoms with van der Waals surface area (Å²) in [6.45, 7) is 0. The van der Waals surface area contributed by atoms with E-state index in [1.807, 2.05) is 0 Å². The monoisotopic (exact) mass is 256 g/mol. The summed E-state index contributed by atoms with van der Waals surface area (Å²) in [4.78, 5) is 23.2. The fourth-order valence-electron chi connectivity index (χ4n) is 1.47. The number of carbonyl (C=O) groups is 2. The van der Waals surface area contributed by atoms with Crippen molar-refractivity contribution in [3.63, 3.8) is 0 Å². The van der Waals surface area contributed by atoms with Crippen LogP contribution >= 0.6 is 0 Å². The lowest BCUT2D eigenvalue weighted by Gasteiger charge is -2.06. The molecule has 1 heterocycles. The number of amides is 2. The summed E-state index contributed by atoms with van der Waals surface area (Å²) >= 11 is 0. The van der Waals surface area contributed by atoms with Crippen molar-refractivity contribution in [2.45, 2.75) is 0 Å². The molecule has 0 saturated carbocycles. The fraction of sp³-hybridized carbons (Fsp3) is 0. The Morgan fingerprint density at radius 2 is 1.84 bits per heavy atom. The summed E-state index contributed by atoms with van der Waals surface area (Å²) in [5.74, 6) is -0.708. The van der Waals surface area contributed by atoms with Gasteiger partial charge < -0.3 is 15.5 Å². The molecule has 2 amide bonds. The topological polar surface area (TPSA) is 85.3 Å². The van der Waals surface area contributed by atoms with Gasteiger partial charge in [0, 0.05) is 11.6 Å². The number of hydrogen-bond acceptors (Lipinski definition) is 3. The van der Waals surface area contributed by atoms with E-state index < -0.39 is 11.8 Å². The highest BCUT2D eigenvalue weighted by Crippen LogP contribution is 2.07. The maximum absolute atomic E-state index is 11.9. The minimum atomic E-state index is -0.735. The van der Waals surface area contributed by atoms with Crippen molar-refractivity contribution in [3.8, 4) is 0 Å². The summed E-state index contributed by atoms with van der Waals surface area (Å²) in [7, 11) is 0. The Balaban J connectivity index is 2.19. The van der Waals surface area contributed by atoms with Gasteiger partial charge in [0.1, 0.15) is 11.5 Å². The minimum absolute atomic E-state index is 0.0243. The van der Waals surface area contributed by atoms with Crippen molar-refractivity contribution < 1.29 is 14.0 Å². The molecule has 0 aliphatic rings. The SMILES string of the molecule is NC(=O)C(=Cc1ccco1)NC(=O)c1ccccc1. The molecule has 1 aromatic carbocycles. The Kier molecular flexibility index (Phi) is 3.78. The first-order valence-corrected chi connectivity index (χ1v) is 5.58. The first kappa shape index (κ1) is 12.6. The second-order valence-electron chi connectivity index (χ2n) is 3.76. The summed E-state index contributed by atoms with van der Waals surface area (Å²) in [6.07, 6.45) is 2.84. The van der Waals surface area contributed by atoms with Crippen LogP contribution in [-0.4, -0.2) is 11.8 Å². The molecule has 96 valence electrons. The molecule has 1 aromatic heterocycles. The summed E-state index contributed by atoms with van der Waals surface area (Å²) in [6, 6.07) is 11.9. The van der Waals surface area contributed by atoms with Gasteiger partial charge in [0.25, 0.3) is 11.8 Å². The van der Waals surface area contributed by atoms with Crippen molar-refractivity contribution >= 4 is 17.9 Å². The molecule has 2 aromatic rings. The molecule has 0 aliphatic carbocycles. The molecule has 0 fully saturated rings. The van der Waals surface area contributed by atoms with Crippen molar-refractivity contribution in [3.05, 3.63) is 65.7 Å². The van der Waals surface area contributed by atoms with Crippen molar-refractivity contribution in [1.82, 2.24) is 5.32 Å². The number of hydrogen-bond donors (Lipinski definition) is 2. The van der Waals surface area contributed by atoms with Gasteiger partial charge in [0.15, 0.2) is 0 Å². The van der Waals surface area contributed by atoms with Gasteiger partial charge in [-0.2, -0.15) is 0 Å². The molecule has 0 atom stereocenters. The molecule has 0 saturated heterocycles. The third kappa shape index (κ3) is 3.32. The largest absolute Gasteiger partial charge is 0.465 e. The number of nitrogens with two attached hydrogens (primary N) is 1. The van der Waals surface area contributed by atoms with Gasteiger partial charge in [0.2, 0.25) is 0 Å². The zero-order valence-electron chi connectivity index (χ0n) is 10.00. The van der Waals surface area contributed by atoms with Gasteiger partial charge in [0.05, 0.1) is 6.26 Å². The number of primary amides is 1. The Hall–Kier alpha value is -2.82. The van der Waals surface area contributed by atoms with E-state index >= 15 is 0 Å². The van der Waals surface area contributed by atoms with Crippen LogP contribution in [0.25, 0.3) is 6.08 Å². The highest BCUT2D eigenvalue weighted by Gasteiger charge is 2.12. The number of nitrogens with one attached hydrogen (secondary N) is 1. The molecule has 5 nitrogen and oxygen atoms in total. The standard InChI is InChI=1S/C14H12N2O3/c15-13(17)12(9-11-7-4-8-19-11)16-14(18)10-5-2-1-3-6-10/h1-9H,(H2,15,17)(H,16,18). The van der Waals surface area contributed by atoms with E-state index in [1.165, 1.54) is 12.3 Å². The van der Waals surface area contributed by atoms with Crippen LogP contribution < -0.4 is 11.1 Å². The molecule has 0 spiro atoms. The molecule has 19 heavy (non-hydrogen) atoms. The summed E-state index contributed by atoms with van der Waals surface area (Å²) < 4.78 is 5.07. The van der Waals surface area contributed by atoms with Crippen LogP contribution in [0, 0.1) is 0 Å². The van der Waals surface area contributed by atoms with E-state index in [2.05, 4.69) is 5.32 Å². The molecular weight excluding hydrogens is 244 g/mol. The molecule has 0 unspecified atom stereocenters. The number of rotatable bonds is 4. The van der Waals surface area contributed by atoms with Gasteiger partial charge >= 0.3 is 0 Å². The van der Waals surface area contributed by atoms with Crippen molar-refractivity contribution in [2.75, 3.05) is 0 Å². The van der Waals surface area contributed by atoms with E-state index in [0.29, 0.717) is 11.3 Å².